The third-order valence-corrected chi connectivity index (χ3v) is 4.77. The number of rotatable bonds is 2. The minimum absolute atomic E-state index is 0.258. The predicted molar refractivity (Wildman–Crippen MR) is 109 cm³/mol. The van der Waals surface area contributed by atoms with Crippen molar-refractivity contribution in [3.63, 3.8) is 0 Å². The smallest absolute Gasteiger partial charge is 0.410 e. The molecule has 0 saturated carbocycles. The van der Waals surface area contributed by atoms with E-state index in [1.165, 1.54) is 0 Å². The molecule has 0 spiro atoms. The molecule has 146 valence electrons. The van der Waals surface area contributed by atoms with Gasteiger partial charge in [0.25, 0.3) is 0 Å². The molecule has 0 atom stereocenters. The summed E-state index contributed by atoms with van der Waals surface area (Å²) < 4.78 is 5.49. The van der Waals surface area contributed by atoms with Crippen LogP contribution in [0.4, 0.5) is 10.6 Å². The van der Waals surface area contributed by atoms with Crippen LogP contribution in [0.3, 0.4) is 0 Å². The molecular weight excluding hydrogens is 354 g/mol. The van der Waals surface area contributed by atoms with E-state index in [4.69, 9.17) is 4.74 Å². The summed E-state index contributed by atoms with van der Waals surface area (Å²) in [6, 6.07) is 10.2. The number of H-pyrrole nitrogens is 1. The first-order valence-electron chi connectivity index (χ1n) is 9.53. The fourth-order valence-electron chi connectivity index (χ4n) is 3.46. The number of aromatic nitrogens is 3. The fourth-order valence-corrected chi connectivity index (χ4v) is 3.46. The highest BCUT2D eigenvalue weighted by Gasteiger charge is 2.27. The zero-order valence-corrected chi connectivity index (χ0v) is 16.5. The number of ether oxygens (including phenoxy) is 1. The number of nitrogens with zero attached hydrogens (tertiary/aromatic N) is 4. The normalized spacial score (nSPS) is 15.1. The van der Waals surface area contributed by atoms with Crippen LogP contribution in [0.1, 0.15) is 20.8 Å². The van der Waals surface area contributed by atoms with Crippen LogP contribution >= 0.6 is 0 Å². The molecule has 0 aliphatic carbocycles. The standard InChI is InChI=1S/C21H25N5O2/c1-21(2,3)28-20(27)26-11-9-25(10-12-26)19-17-16(15-7-5-4-6-8-15)13-22-18(17)23-14-24-19/h4-8,13-14H,9-12H2,1-3H3,(H,22,23,24). The molecule has 0 bridgehead atoms. The molecular formula is C21H25N5O2. The second-order valence-corrected chi connectivity index (χ2v) is 7.94. The van der Waals surface area contributed by atoms with Crippen molar-refractivity contribution in [1.82, 2.24) is 19.9 Å². The molecule has 7 heteroatoms. The van der Waals surface area contributed by atoms with E-state index in [9.17, 15) is 4.79 Å². The number of anilines is 1. The Morgan fingerprint density at radius 3 is 2.46 bits per heavy atom. The Labute approximate surface area is 164 Å². The van der Waals surface area contributed by atoms with Gasteiger partial charge in [0, 0.05) is 37.9 Å². The summed E-state index contributed by atoms with van der Waals surface area (Å²) in [5, 5.41) is 1.01. The molecule has 4 rings (SSSR count). The summed E-state index contributed by atoms with van der Waals surface area (Å²) in [7, 11) is 0. The maximum Gasteiger partial charge on any atom is 0.410 e. The maximum atomic E-state index is 12.3. The molecule has 28 heavy (non-hydrogen) atoms. The Morgan fingerprint density at radius 1 is 1.07 bits per heavy atom. The van der Waals surface area contributed by atoms with E-state index in [0.29, 0.717) is 26.2 Å². The summed E-state index contributed by atoms with van der Waals surface area (Å²) in [5.74, 6) is 0.897. The number of carbonyl (C=O) groups is 1. The van der Waals surface area contributed by atoms with Crippen molar-refractivity contribution in [1.29, 1.82) is 0 Å². The van der Waals surface area contributed by atoms with Crippen molar-refractivity contribution in [2.45, 2.75) is 26.4 Å². The molecule has 2 aromatic heterocycles. The Bertz CT molecular complexity index is 969. The number of hydrogen-bond donors (Lipinski definition) is 1. The van der Waals surface area contributed by atoms with Gasteiger partial charge < -0.3 is 19.5 Å². The van der Waals surface area contributed by atoms with Crippen molar-refractivity contribution >= 4 is 22.9 Å². The van der Waals surface area contributed by atoms with Gasteiger partial charge in [0.1, 0.15) is 23.4 Å². The first-order chi connectivity index (χ1) is 13.4. The Hall–Kier alpha value is -3.09. The van der Waals surface area contributed by atoms with Gasteiger partial charge in [0.2, 0.25) is 0 Å². The Morgan fingerprint density at radius 2 is 1.79 bits per heavy atom. The van der Waals surface area contributed by atoms with Crippen molar-refractivity contribution in [2.24, 2.45) is 0 Å². The summed E-state index contributed by atoms with van der Waals surface area (Å²) in [6.45, 7) is 8.26. The lowest BCUT2D eigenvalue weighted by atomic mass is 10.1. The average Bonchev–Trinajstić information content (AvgIpc) is 3.12. The van der Waals surface area contributed by atoms with Crippen LogP contribution in [0.5, 0.6) is 0 Å². The third-order valence-electron chi connectivity index (χ3n) is 4.77. The lowest BCUT2D eigenvalue weighted by molar-refractivity contribution is 0.0240. The molecule has 7 nitrogen and oxygen atoms in total. The monoisotopic (exact) mass is 379 g/mol. The van der Waals surface area contributed by atoms with Crippen LogP contribution in [-0.4, -0.2) is 57.7 Å². The van der Waals surface area contributed by atoms with E-state index < -0.39 is 5.60 Å². The zero-order valence-electron chi connectivity index (χ0n) is 16.5. The van der Waals surface area contributed by atoms with E-state index in [1.807, 2.05) is 45.2 Å². The number of carbonyl (C=O) groups excluding carboxylic acids is 1. The van der Waals surface area contributed by atoms with Crippen LogP contribution in [-0.2, 0) is 4.74 Å². The van der Waals surface area contributed by atoms with Gasteiger partial charge in [-0.15, -0.1) is 0 Å². The van der Waals surface area contributed by atoms with Crippen molar-refractivity contribution in [3.05, 3.63) is 42.9 Å². The zero-order chi connectivity index (χ0) is 19.7. The van der Waals surface area contributed by atoms with E-state index in [2.05, 4.69) is 32.0 Å². The van der Waals surface area contributed by atoms with Gasteiger partial charge in [0.05, 0.1) is 5.39 Å². The minimum atomic E-state index is -0.483. The van der Waals surface area contributed by atoms with Gasteiger partial charge >= 0.3 is 6.09 Å². The van der Waals surface area contributed by atoms with Gasteiger partial charge in [-0.1, -0.05) is 30.3 Å². The summed E-state index contributed by atoms with van der Waals surface area (Å²) in [6.07, 6.45) is 3.31. The number of hydrogen-bond acceptors (Lipinski definition) is 5. The number of amides is 1. The fraction of sp³-hybridized carbons (Fsp3) is 0.381. The van der Waals surface area contributed by atoms with E-state index in [-0.39, 0.29) is 6.09 Å². The SMILES string of the molecule is CC(C)(C)OC(=O)N1CCN(c2ncnc3[nH]cc(-c4ccccc4)c23)CC1. The molecule has 3 heterocycles. The number of fused-ring (bicyclic) bond motifs is 1. The molecule has 1 aromatic carbocycles. The van der Waals surface area contributed by atoms with Gasteiger partial charge in [-0.2, -0.15) is 0 Å². The molecule has 1 fully saturated rings. The number of piperazine rings is 1. The number of nitrogens with one attached hydrogen (secondary N) is 1. The van der Waals surface area contributed by atoms with Crippen LogP contribution in [0.25, 0.3) is 22.2 Å². The van der Waals surface area contributed by atoms with E-state index >= 15 is 0 Å². The second kappa shape index (κ2) is 7.14. The topological polar surface area (TPSA) is 74.3 Å². The Kier molecular flexibility index (Phi) is 4.66. The van der Waals surface area contributed by atoms with Gasteiger partial charge in [-0.25, -0.2) is 14.8 Å². The average molecular weight is 379 g/mol. The second-order valence-electron chi connectivity index (χ2n) is 7.94. The third kappa shape index (κ3) is 3.65. The molecule has 1 amide bonds. The summed E-state index contributed by atoms with van der Waals surface area (Å²) in [4.78, 5) is 28.5. The quantitative estimate of drug-likeness (QED) is 0.735. The molecule has 0 radical (unpaired) electrons. The molecule has 1 aliphatic heterocycles. The Balaban J connectivity index is 1.58. The first-order valence-corrected chi connectivity index (χ1v) is 9.53. The van der Waals surface area contributed by atoms with E-state index in [1.54, 1.807) is 11.2 Å². The van der Waals surface area contributed by atoms with Crippen LogP contribution in [0.2, 0.25) is 0 Å². The van der Waals surface area contributed by atoms with Gasteiger partial charge in [0.15, 0.2) is 0 Å². The summed E-state index contributed by atoms with van der Waals surface area (Å²) >= 11 is 0. The molecule has 1 aliphatic rings. The minimum Gasteiger partial charge on any atom is -0.444 e. The first kappa shape index (κ1) is 18.3. The van der Waals surface area contributed by atoms with E-state index in [0.717, 1.165) is 28.0 Å². The van der Waals surface area contributed by atoms with Crippen LogP contribution in [0, 0.1) is 0 Å². The van der Waals surface area contributed by atoms with Gasteiger partial charge in [-0.3, -0.25) is 0 Å². The lowest BCUT2D eigenvalue weighted by Gasteiger charge is -2.36. The van der Waals surface area contributed by atoms with Crippen molar-refractivity contribution in [3.8, 4) is 11.1 Å². The summed E-state index contributed by atoms with van der Waals surface area (Å²) in [5.41, 5.74) is 2.54. The number of benzene rings is 1. The van der Waals surface area contributed by atoms with Crippen molar-refractivity contribution < 1.29 is 9.53 Å². The predicted octanol–water partition coefficient (Wildman–Crippen LogP) is 3.68. The molecule has 0 unspecified atom stereocenters. The highest BCUT2D eigenvalue weighted by Crippen LogP contribution is 2.33. The van der Waals surface area contributed by atoms with Crippen LogP contribution in [0.15, 0.2) is 42.9 Å². The molecule has 3 aromatic rings. The van der Waals surface area contributed by atoms with Gasteiger partial charge in [-0.05, 0) is 26.3 Å². The maximum absolute atomic E-state index is 12.3. The highest BCUT2D eigenvalue weighted by molar-refractivity contribution is 6.01. The van der Waals surface area contributed by atoms with Crippen LogP contribution < -0.4 is 4.90 Å². The molecule has 1 N–H and O–H groups in total. The highest BCUT2D eigenvalue weighted by atomic mass is 16.6. The molecule has 1 saturated heterocycles. The number of aromatic amines is 1. The largest absolute Gasteiger partial charge is 0.444 e. The van der Waals surface area contributed by atoms with Crippen molar-refractivity contribution in [2.75, 3.05) is 31.1 Å². The lowest BCUT2D eigenvalue weighted by Crippen LogP contribution is -2.50.